The Morgan fingerprint density at radius 3 is 2.19 bits per heavy atom. The van der Waals surface area contributed by atoms with Crippen LogP contribution in [-0.4, -0.2) is 42.0 Å². The van der Waals surface area contributed by atoms with Gasteiger partial charge < -0.3 is 4.52 Å². The van der Waals surface area contributed by atoms with E-state index in [9.17, 15) is 35.2 Å². The van der Waals surface area contributed by atoms with E-state index >= 15 is 0 Å². The molecule has 0 aliphatic heterocycles. The summed E-state index contributed by atoms with van der Waals surface area (Å²) in [5.41, 5.74) is 0.0723. The van der Waals surface area contributed by atoms with Crippen LogP contribution in [0.1, 0.15) is 22.7 Å². The van der Waals surface area contributed by atoms with E-state index in [4.69, 9.17) is 11.6 Å². The van der Waals surface area contributed by atoms with E-state index in [2.05, 4.69) is 14.7 Å². The molecule has 0 amide bonds. The van der Waals surface area contributed by atoms with E-state index < -0.39 is 51.0 Å². The topological polar surface area (TPSA) is 90.1 Å². The van der Waals surface area contributed by atoms with E-state index in [0.29, 0.717) is 0 Å². The second kappa shape index (κ2) is 7.50. The molecule has 2 aromatic rings. The molecule has 0 N–H and O–H groups in total. The third-order valence-corrected chi connectivity index (χ3v) is 4.87. The summed E-state index contributed by atoms with van der Waals surface area (Å²) >= 11 is 4.74. The minimum atomic E-state index is -4.65. The average molecular weight is 433 g/mol. The predicted octanol–water partition coefficient (Wildman–Crippen LogP) is 3.57. The standard InChI is InChI=1S/C14H10ClF5N2O4S/c15-14(19,20)12-21-11(22-26-12)9-3-1-8(2-4-9)10(23)7-27(24,25)6-5-13(16,17)18/h1-4H,5-7H2. The lowest BCUT2D eigenvalue weighted by Crippen LogP contribution is -2.22. The van der Waals surface area contributed by atoms with Gasteiger partial charge in [0, 0.05) is 11.1 Å². The first-order valence-electron chi connectivity index (χ1n) is 7.08. The molecule has 0 aliphatic carbocycles. The number of alkyl halides is 6. The minimum Gasteiger partial charge on any atom is -0.331 e. The van der Waals surface area contributed by atoms with Gasteiger partial charge in [-0.1, -0.05) is 29.4 Å². The highest BCUT2D eigenvalue weighted by Crippen LogP contribution is 2.32. The maximum Gasteiger partial charge on any atom is 0.400 e. The van der Waals surface area contributed by atoms with Crippen LogP contribution in [0.25, 0.3) is 11.4 Å². The third-order valence-electron chi connectivity index (χ3n) is 3.18. The van der Waals surface area contributed by atoms with E-state index in [-0.39, 0.29) is 17.0 Å². The van der Waals surface area contributed by atoms with Gasteiger partial charge in [0.1, 0.15) is 5.75 Å². The zero-order valence-electron chi connectivity index (χ0n) is 13.1. The van der Waals surface area contributed by atoms with E-state index in [0.717, 1.165) is 12.1 Å². The first-order chi connectivity index (χ1) is 12.3. The van der Waals surface area contributed by atoms with Gasteiger partial charge in [-0.2, -0.15) is 26.9 Å². The van der Waals surface area contributed by atoms with Gasteiger partial charge in [-0.05, 0) is 11.6 Å². The summed E-state index contributed by atoms with van der Waals surface area (Å²) in [7, 11) is -4.24. The van der Waals surface area contributed by atoms with Crippen LogP contribution in [0.4, 0.5) is 22.0 Å². The first-order valence-corrected chi connectivity index (χ1v) is 9.28. The SMILES string of the molecule is O=C(CS(=O)(=O)CCC(F)(F)F)c1ccc(-c2noc(C(F)(F)Cl)n2)cc1. The lowest BCUT2D eigenvalue weighted by molar-refractivity contribution is -0.129. The highest BCUT2D eigenvalue weighted by molar-refractivity contribution is 7.92. The number of Topliss-reactive ketones (excluding diaryl/α,β-unsaturated/α-hetero) is 1. The van der Waals surface area contributed by atoms with E-state index in [1.807, 2.05) is 0 Å². The number of carbonyl (C=O) groups excluding carboxylic acids is 1. The molecule has 1 heterocycles. The number of benzene rings is 1. The lowest BCUT2D eigenvalue weighted by Gasteiger charge is -2.07. The van der Waals surface area contributed by atoms with Crippen molar-refractivity contribution in [3.05, 3.63) is 35.7 Å². The number of nitrogens with zero attached hydrogens (tertiary/aromatic N) is 2. The normalized spacial score (nSPS) is 13.0. The zero-order chi connectivity index (χ0) is 20.5. The molecule has 148 valence electrons. The number of aromatic nitrogens is 2. The van der Waals surface area contributed by atoms with Crippen molar-refractivity contribution in [1.82, 2.24) is 10.1 Å². The van der Waals surface area contributed by atoms with E-state index in [1.165, 1.54) is 12.1 Å². The molecular weight excluding hydrogens is 423 g/mol. The second-order valence-electron chi connectivity index (χ2n) is 5.38. The molecule has 0 aliphatic rings. The van der Waals surface area contributed by atoms with Gasteiger partial charge in [-0.3, -0.25) is 4.79 Å². The van der Waals surface area contributed by atoms with Crippen LogP contribution in [0, 0.1) is 0 Å². The lowest BCUT2D eigenvalue weighted by atomic mass is 10.1. The van der Waals surface area contributed by atoms with Gasteiger partial charge in [-0.15, -0.1) is 0 Å². The fourth-order valence-electron chi connectivity index (χ4n) is 1.89. The molecule has 13 heteroatoms. The van der Waals surface area contributed by atoms with Gasteiger partial charge in [0.05, 0.1) is 12.2 Å². The molecular formula is C14H10ClF5N2O4S. The largest absolute Gasteiger partial charge is 0.400 e. The van der Waals surface area contributed by atoms with Gasteiger partial charge in [0.2, 0.25) is 5.82 Å². The quantitative estimate of drug-likeness (QED) is 0.377. The Bertz CT molecular complexity index is 920. The van der Waals surface area contributed by atoms with Crippen LogP contribution in [0.3, 0.4) is 0 Å². The smallest absolute Gasteiger partial charge is 0.331 e. The summed E-state index contributed by atoms with van der Waals surface area (Å²) in [4.78, 5) is 15.3. The number of sulfone groups is 1. The number of hydrogen-bond donors (Lipinski definition) is 0. The Morgan fingerprint density at radius 1 is 1.11 bits per heavy atom. The summed E-state index contributed by atoms with van der Waals surface area (Å²) in [6, 6.07) is 4.78. The predicted molar refractivity (Wildman–Crippen MR) is 83.1 cm³/mol. The molecule has 0 unspecified atom stereocenters. The number of halogens is 6. The molecule has 0 bridgehead atoms. The molecule has 0 spiro atoms. The Kier molecular flexibility index (Phi) is 5.90. The Labute approximate surface area is 154 Å². The van der Waals surface area contributed by atoms with Crippen molar-refractivity contribution in [3.8, 4) is 11.4 Å². The second-order valence-corrected chi connectivity index (χ2v) is 8.04. The molecule has 6 nitrogen and oxygen atoms in total. The van der Waals surface area contributed by atoms with Crippen molar-refractivity contribution in [2.45, 2.75) is 18.0 Å². The van der Waals surface area contributed by atoms with Crippen molar-refractivity contribution < 1.29 is 39.7 Å². The molecule has 1 aromatic heterocycles. The fourth-order valence-corrected chi connectivity index (χ4v) is 3.22. The minimum absolute atomic E-state index is 0.0966. The molecule has 1 aromatic carbocycles. The molecule has 0 atom stereocenters. The Balaban J connectivity index is 2.08. The fraction of sp³-hybridized carbons (Fsp3) is 0.357. The molecule has 0 fully saturated rings. The highest BCUT2D eigenvalue weighted by Gasteiger charge is 2.35. The monoisotopic (exact) mass is 432 g/mol. The number of rotatable bonds is 7. The Hall–Kier alpha value is -2.08. The van der Waals surface area contributed by atoms with Crippen LogP contribution in [0.5, 0.6) is 0 Å². The third kappa shape index (κ3) is 6.24. The molecule has 0 radical (unpaired) electrons. The summed E-state index contributed by atoms with van der Waals surface area (Å²) in [5, 5.41) is -0.559. The maximum absolute atomic E-state index is 12.8. The van der Waals surface area contributed by atoms with Crippen molar-refractivity contribution in [3.63, 3.8) is 0 Å². The van der Waals surface area contributed by atoms with Crippen LogP contribution in [0.15, 0.2) is 28.8 Å². The van der Waals surface area contributed by atoms with Gasteiger partial charge in [-0.25, -0.2) is 8.42 Å². The molecule has 0 saturated heterocycles. The average Bonchev–Trinajstić information content (AvgIpc) is 3.02. The van der Waals surface area contributed by atoms with E-state index in [1.54, 1.807) is 0 Å². The maximum atomic E-state index is 12.8. The Morgan fingerprint density at radius 2 is 1.70 bits per heavy atom. The van der Waals surface area contributed by atoms with Gasteiger partial charge in [0.15, 0.2) is 15.6 Å². The summed E-state index contributed by atoms with van der Waals surface area (Å²) < 4.78 is 89.5. The summed E-state index contributed by atoms with van der Waals surface area (Å²) in [6.45, 7) is 0. The molecule has 27 heavy (non-hydrogen) atoms. The van der Waals surface area contributed by atoms with Gasteiger partial charge >= 0.3 is 17.4 Å². The molecule has 0 saturated carbocycles. The zero-order valence-corrected chi connectivity index (χ0v) is 14.7. The summed E-state index contributed by atoms with van der Waals surface area (Å²) in [5.74, 6) is -4.58. The van der Waals surface area contributed by atoms with Gasteiger partial charge in [0.25, 0.3) is 0 Å². The van der Waals surface area contributed by atoms with Crippen LogP contribution in [0.2, 0.25) is 0 Å². The van der Waals surface area contributed by atoms with Crippen LogP contribution < -0.4 is 0 Å². The van der Waals surface area contributed by atoms with Crippen molar-refractivity contribution in [2.75, 3.05) is 11.5 Å². The first kappa shape index (κ1) is 21.2. The number of hydrogen-bond acceptors (Lipinski definition) is 6. The van der Waals surface area contributed by atoms with Crippen molar-refractivity contribution in [2.24, 2.45) is 0 Å². The highest BCUT2D eigenvalue weighted by atomic mass is 35.5. The number of carbonyl (C=O) groups is 1. The molecule has 2 rings (SSSR count). The van der Waals surface area contributed by atoms with Crippen LogP contribution in [-0.2, 0) is 15.2 Å². The van der Waals surface area contributed by atoms with Crippen molar-refractivity contribution >= 4 is 27.2 Å². The number of ketones is 1. The van der Waals surface area contributed by atoms with Crippen molar-refractivity contribution in [1.29, 1.82) is 0 Å². The van der Waals surface area contributed by atoms with Crippen LogP contribution >= 0.6 is 11.6 Å². The summed E-state index contributed by atoms with van der Waals surface area (Å²) in [6.07, 6.45) is -6.20.